The molecule has 1 heterocycles. The number of hydrogen-bond acceptors (Lipinski definition) is 2. The summed E-state index contributed by atoms with van der Waals surface area (Å²) in [4.78, 5) is 4.98. The maximum absolute atomic E-state index is 6.59. The van der Waals surface area contributed by atoms with E-state index in [4.69, 9.17) is 10.7 Å². The van der Waals surface area contributed by atoms with Crippen LogP contribution in [-0.2, 0) is 6.54 Å². The van der Waals surface area contributed by atoms with Gasteiger partial charge in [0.1, 0.15) is 5.82 Å². The van der Waals surface area contributed by atoms with Crippen molar-refractivity contribution in [2.75, 3.05) is 0 Å². The number of hydrogen-bond donors (Lipinski definition) is 1. The van der Waals surface area contributed by atoms with Crippen LogP contribution in [-0.4, -0.2) is 9.55 Å². The Morgan fingerprint density at radius 1 is 1.08 bits per heavy atom. The first-order chi connectivity index (χ1) is 12.8. The van der Waals surface area contributed by atoms with E-state index in [0.29, 0.717) is 0 Å². The summed E-state index contributed by atoms with van der Waals surface area (Å²) in [7, 11) is 0. The smallest absolute Gasteiger partial charge is 0.126 e. The first-order valence-electron chi connectivity index (χ1n) is 10.7. The van der Waals surface area contributed by atoms with Gasteiger partial charge in [0, 0.05) is 18.3 Å². The van der Waals surface area contributed by atoms with Crippen molar-refractivity contribution in [2.24, 2.45) is 11.7 Å². The van der Waals surface area contributed by atoms with Gasteiger partial charge in [-0.3, -0.25) is 0 Å². The molecule has 2 aromatic rings. The van der Waals surface area contributed by atoms with E-state index in [1.165, 1.54) is 63.4 Å². The first-order valence-corrected chi connectivity index (χ1v) is 10.7. The molecule has 1 aliphatic rings. The van der Waals surface area contributed by atoms with E-state index >= 15 is 0 Å². The molecule has 1 aromatic heterocycles. The molecule has 3 nitrogen and oxygen atoms in total. The van der Waals surface area contributed by atoms with Gasteiger partial charge < -0.3 is 10.3 Å². The Kier molecular flexibility index (Phi) is 7.31. The number of nitrogens with zero attached hydrogens (tertiary/aromatic N) is 2. The maximum atomic E-state index is 6.59. The molecule has 0 spiro atoms. The third-order valence-corrected chi connectivity index (χ3v) is 5.76. The Hall–Kier alpha value is -1.61. The fraction of sp³-hybridized carbons (Fsp3) is 0.609. The highest BCUT2D eigenvalue weighted by Crippen LogP contribution is 2.29. The van der Waals surface area contributed by atoms with E-state index in [0.717, 1.165) is 30.4 Å². The molecule has 3 heteroatoms. The molecule has 1 atom stereocenters. The standard InChI is InChI=1S/C23H35N3/c1-2-3-4-11-16-21(24)23-25-22(20-14-9-6-10-15-20)18-26(23)17-19-12-7-5-8-13-19/h6,9-10,14-15,18-19,21H,2-5,7-8,11-13,16-17,24H2,1H3. The summed E-state index contributed by atoms with van der Waals surface area (Å²) >= 11 is 0. The molecule has 1 unspecified atom stereocenters. The zero-order valence-corrected chi connectivity index (χ0v) is 16.4. The second kappa shape index (κ2) is 9.91. The molecule has 3 rings (SSSR count). The van der Waals surface area contributed by atoms with Crippen molar-refractivity contribution in [1.29, 1.82) is 0 Å². The van der Waals surface area contributed by atoms with Crippen molar-refractivity contribution in [1.82, 2.24) is 9.55 Å². The third-order valence-electron chi connectivity index (χ3n) is 5.76. The summed E-state index contributed by atoms with van der Waals surface area (Å²) in [6, 6.07) is 10.6. The second-order valence-electron chi connectivity index (χ2n) is 7.96. The molecular weight excluding hydrogens is 318 g/mol. The normalized spacial score (nSPS) is 16.7. The van der Waals surface area contributed by atoms with Crippen molar-refractivity contribution in [3.63, 3.8) is 0 Å². The summed E-state index contributed by atoms with van der Waals surface area (Å²) in [6.07, 6.45) is 15.2. The fourth-order valence-corrected chi connectivity index (χ4v) is 4.19. The number of benzene rings is 1. The summed E-state index contributed by atoms with van der Waals surface area (Å²) in [5.74, 6) is 1.87. The van der Waals surface area contributed by atoms with Gasteiger partial charge >= 0.3 is 0 Å². The minimum absolute atomic E-state index is 0.0490. The van der Waals surface area contributed by atoms with Crippen LogP contribution in [0.5, 0.6) is 0 Å². The highest BCUT2D eigenvalue weighted by atomic mass is 15.1. The predicted molar refractivity (Wildman–Crippen MR) is 110 cm³/mol. The number of rotatable bonds is 9. The van der Waals surface area contributed by atoms with Gasteiger partial charge in [-0.15, -0.1) is 0 Å². The average Bonchev–Trinajstić information content (AvgIpc) is 3.10. The van der Waals surface area contributed by atoms with Gasteiger partial charge in [-0.1, -0.05) is 82.2 Å². The molecule has 0 saturated heterocycles. The van der Waals surface area contributed by atoms with Crippen LogP contribution in [0.1, 0.15) is 83.0 Å². The molecule has 1 aromatic carbocycles. The summed E-state index contributed by atoms with van der Waals surface area (Å²) < 4.78 is 2.38. The van der Waals surface area contributed by atoms with Crippen LogP contribution in [0, 0.1) is 5.92 Å². The lowest BCUT2D eigenvalue weighted by Gasteiger charge is -2.23. The van der Waals surface area contributed by atoms with E-state index < -0.39 is 0 Å². The Morgan fingerprint density at radius 3 is 2.58 bits per heavy atom. The molecule has 0 amide bonds. The minimum atomic E-state index is 0.0490. The second-order valence-corrected chi connectivity index (χ2v) is 7.96. The molecule has 1 aliphatic carbocycles. The molecule has 142 valence electrons. The lowest BCUT2D eigenvalue weighted by atomic mass is 9.89. The van der Waals surface area contributed by atoms with E-state index in [2.05, 4.69) is 48.0 Å². The van der Waals surface area contributed by atoms with Crippen molar-refractivity contribution < 1.29 is 0 Å². The molecule has 0 aliphatic heterocycles. The predicted octanol–water partition coefficient (Wildman–Crippen LogP) is 6.10. The Balaban J connectivity index is 1.76. The SMILES string of the molecule is CCCCCCC(N)c1nc(-c2ccccc2)cn1CC1CCCCC1. The van der Waals surface area contributed by atoms with Crippen LogP contribution < -0.4 is 5.73 Å². The topological polar surface area (TPSA) is 43.8 Å². The zero-order valence-electron chi connectivity index (χ0n) is 16.4. The van der Waals surface area contributed by atoms with Gasteiger partial charge in [0.2, 0.25) is 0 Å². The first kappa shape index (κ1) is 19.2. The highest BCUT2D eigenvalue weighted by molar-refractivity contribution is 5.58. The van der Waals surface area contributed by atoms with Crippen LogP contribution >= 0.6 is 0 Å². The van der Waals surface area contributed by atoms with Gasteiger partial charge in [0.25, 0.3) is 0 Å². The van der Waals surface area contributed by atoms with E-state index in [9.17, 15) is 0 Å². The molecule has 2 N–H and O–H groups in total. The van der Waals surface area contributed by atoms with Crippen LogP contribution in [0.2, 0.25) is 0 Å². The van der Waals surface area contributed by atoms with Gasteiger partial charge in [-0.2, -0.15) is 0 Å². The number of imidazole rings is 1. The number of aromatic nitrogens is 2. The molecular formula is C23H35N3. The Bertz CT molecular complexity index is 641. The van der Waals surface area contributed by atoms with Crippen LogP contribution in [0.15, 0.2) is 36.5 Å². The largest absolute Gasteiger partial charge is 0.333 e. The number of nitrogens with two attached hydrogens (primary N) is 1. The summed E-state index contributed by atoms with van der Waals surface area (Å²) in [6.45, 7) is 3.33. The highest BCUT2D eigenvalue weighted by Gasteiger charge is 2.20. The van der Waals surface area contributed by atoms with Gasteiger partial charge in [0.05, 0.1) is 11.7 Å². The zero-order chi connectivity index (χ0) is 18.2. The van der Waals surface area contributed by atoms with Gasteiger partial charge in [0.15, 0.2) is 0 Å². The maximum Gasteiger partial charge on any atom is 0.126 e. The molecule has 26 heavy (non-hydrogen) atoms. The molecule has 1 fully saturated rings. The van der Waals surface area contributed by atoms with Gasteiger partial charge in [-0.25, -0.2) is 4.98 Å². The van der Waals surface area contributed by atoms with Gasteiger partial charge in [-0.05, 0) is 25.2 Å². The Morgan fingerprint density at radius 2 is 1.85 bits per heavy atom. The minimum Gasteiger partial charge on any atom is -0.333 e. The quantitative estimate of drug-likeness (QED) is 0.553. The van der Waals surface area contributed by atoms with Crippen molar-refractivity contribution in [3.8, 4) is 11.3 Å². The van der Waals surface area contributed by atoms with E-state index in [1.807, 2.05) is 0 Å². The monoisotopic (exact) mass is 353 g/mol. The fourth-order valence-electron chi connectivity index (χ4n) is 4.19. The Labute approximate surface area is 159 Å². The van der Waals surface area contributed by atoms with Crippen molar-refractivity contribution in [3.05, 3.63) is 42.4 Å². The summed E-state index contributed by atoms with van der Waals surface area (Å²) in [5, 5.41) is 0. The van der Waals surface area contributed by atoms with E-state index in [1.54, 1.807) is 0 Å². The van der Waals surface area contributed by atoms with Crippen LogP contribution in [0.25, 0.3) is 11.3 Å². The van der Waals surface area contributed by atoms with Crippen molar-refractivity contribution in [2.45, 2.75) is 83.7 Å². The van der Waals surface area contributed by atoms with E-state index in [-0.39, 0.29) is 6.04 Å². The van der Waals surface area contributed by atoms with Crippen LogP contribution in [0.3, 0.4) is 0 Å². The lowest BCUT2D eigenvalue weighted by Crippen LogP contribution is -2.20. The molecule has 0 radical (unpaired) electrons. The van der Waals surface area contributed by atoms with Crippen LogP contribution in [0.4, 0.5) is 0 Å². The molecule has 1 saturated carbocycles. The molecule has 0 bridgehead atoms. The van der Waals surface area contributed by atoms with Crippen molar-refractivity contribution >= 4 is 0 Å². The third kappa shape index (κ3) is 5.20. The lowest BCUT2D eigenvalue weighted by molar-refractivity contribution is 0.313. The average molecular weight is 354 g/mol. The summed E-state index contributed by atoms with van der Waals surface area (Å²) in [5.41, 5.74) is 8.85. The number of unbranched alkanes of at least 4 members (excludes halogenated alkanes) is 3.